The first-order valence-electron chi connectivity index (χ1n) is 10.6. The minimum atomic E-state index is -1.14. The Bertz CT molecular complexity index is 1010. The number of carbonyl (C=O) groups is 1. The number of hydrogen-bond donors (Lipinski definition) is 1. The van der Waals surface area contributed by atoms with Crippen LogP contribution in [0.2, 0.25) is 0 Å². The first-order chi connectivity index (χ1) is 14.4. The van der Waals surface area contributed by atoms with Crippen LogP contribution < -0.4 is 4.74 Å². The normalized spacial score (nSPS) is 25.2. The third kappa shape index (κ3) is 3.19. The molecular weight excluding hydrogens is 374 g/mol. The van der Waals surface area contributed by atoms with Gasteiger partial charge in [-0.15, -0.1) is 0 Å². The molecule has 4 heteroatoms. The molecule has 2 aliphatic rings. The molecule has 0 spiro atoms. The van der Waals surface area contributed by atoms with Crippen molar-refractivity contribution in [3.63, 3.8) is 0 Å². The standard InChI is InChI=1S/C26H27NO3/c1-25(2)23(15-18-9-6-7-10-18)26(25,24(28)29)22(17-27)19-11-8-14-21(16-19)30-20-12-4-3-5-13-20/h3-5,8,11-16,22-23H,6-7,9-10H2,1-2H3,(H,28,29). The average molecular weight is 402 g/mol. The number of ether oxygens (including phenoxy) is 1. The summed E-state index contributed by atoms with van der Waals surface area (Å²) < 4.78 is 5.92. The Morgan fingerprint density at radius 1 is 1.13 bits per heavy atom. The minimum Gasteiger partial charge on any atom is -0.481 e. The van der Waals surface area contributed by atoms with Crippen molar-refractivity contribution in [3.05, 3.63) is 71.8 Å². The molecule has 2 fully saturated rings. The Morgan fingerprint density at radius 2 is 1.80 bits per heavy atom. The van der Waals surface area contributed by atoms with Gasteiger partial charge in [0.05, 0.1) is 12.0 Å². The Kier molecular flexibility index (Phi) is 5.15. The molecule has 0 heterocycles. The monoisotopic (exact) mass is 401 g/mol. The van der Waals surface area contributed by atoms with Crippen molar-refractivity contribution in [2.45, 2.75) is 45.4 Å². The summed E-state index contributed by atoms with van der Waals surface area (Å²) in [6.45, 7) is 3.96. The lowest BCUT2D eigenvalue weighted by molar-refractivity contribution is -0.145. The fourth-order valence-electron chi connectivity index (χ4n) is 5.31. The quantitative estimate of drug-likeness (QED) is 0.576. The summed E-state index contributed by atoms with van der Waals surface area (Å²) >= 11 is 0. The van der Waals surface area contributed by atoms with Crippen molar-refractivity contribution in [2.75, 3.05) is 0 Å². The molecule has 4 nitrogen and oxygen atoms in total. The smallest absolute Gasteiger partial charge is 0.312 e. The van der Waals surface area contributed by atoms with Gasteiger partial charge in [0.1, 0.15) is 16.9 Å². The lowest BCUT2D eigenvalue weighted by Crippen LogP contribution is -2.28. The van der Waals surface area contributed by atoms with Gasteiger partial charge >= 0.3 is 5.97 Å². The van der Waals surface area contributed by atoms with Gasteiger partial charge in [-0.2, -0.15) is 5.26 Å². The van der Waals surface area contributed by atoms with Gasteiger partial charge in [0.25, 0.3) is 0 Å². The van der Waals surface area contributed by atoms with Crippen molar-refractivity contribution < 1.29 is 14.6 Å². The number of allylic oxidation sites excluding steroid dienone is 2. The zero-order valence-electron chi connectivity index (χ0n) is 17.5. The molecule has 0 bridgehead atoms. The van der Waals surface area contributed by atoms with Crippen LogP contribution in [-0.2, 0) is 4.79 Å². The number of para-hydroxylation sites is 1. The van der Waals surface area contributed by atoms with Crippen LogP contribution in [0, 0.1) is 28.1 Å². The predicted octanol–water partition coefficient (Wildman–Crippen LogP) is 6.31. The molecule has 154 valence electrons. The summed E-state index contributed by atoms with van der Waals surface area (Å²) in [6, 6.07) is 19.1. The molecular formula is C26H27NO3. The highest BCUT2D eigenvalue weighted by molar-refractivity contribution is 5.84. The van der Waals surface area contributed by atoms with Crippen LogP contribution in [0.1, 0.15) is 51.0 Å². The second kappa shape index (κ2) is 7.65. The number of carboxylic acids is 1. The topological polar surface area (TPSA) is 70.3 Å². The molecule has 1 N–H and O–H groups in total. The SMILES string of the molecule is CC1(C)C(C=C2CCCC2)C1(C(=O)O)C(C#N)c1cccc(Oc2ccccc2)c1. The van der Waals surface area contributed by atoms with E-state index in [9.17, 15) is 15.2 Å². The van der Waals surface area contributed by atoms with Gasteiger partial charge in [-0.05, 0) is 60.9 Å². The molecule has 0 amide bonds. The molecule has 2 saturated carbocycles. The number of hydrogen-bond acceptors (Lipinski definition) is 3. The van der Waals surface area contributed by atoms with Gasteiger partial charge in [0.15, 0.2) is 0 Å². The van der Waals surface area contributed by atoms with Crippen LogP contribution >= 0.6 is 0 Å². The summed E-state index contributed by atoms with van der Waals surface area (Å²) in [5.41, 5.74) is 0.399. The van der Waals surface area contributed by atoms with E-state index in [0.29, 0.717) is 17.1 Å². The van der Waals surface area contributed by atoms with Crippen molar-refractivity contribution in [3.8, 4) is 17.6 Å². The number of aliphatic carboxylic acids is 1. The van der Waals surface area contributed by atoms with E-state index in [1.165, 1.54) is 18.4 Å². The Morgan fingerprint density at radius 3 is 2.43 bits per heavy atom. The molecule has 0 aromatic heterocycles. The summed E-state index contributed by atoms with van der Waals surface area (Å²) in [5, 5.41) is 20.5. The van der Waals surface area contributed by atoms with E-state index in [0.717, 1.165) is 12.8 Å². The number of carboxylic acid groups (broad SMARTS) is 1. The number of rotatable bonds is 6. The molecule has 2 aliphatic carbocycles. The highest BCUT2D eigenvalue weighted by Gasteiger charge is 2.78. The number of nitriles is 1. The summed E-state index contributed by atoms with van der Waals surface area (Å²) in [7, 11) is 0. The molecule has 3 unspecified atom stereocenters. The zero-order chi connectivity index (χ0) is 21.4. The van der Waals surface area contributed by atoms with Crippen LogP contribution in [0.25, 0.3) is 0 Å². The second-order valence-electron chi connectivity index (χ2n) is 8.96. The lowest BCUT2D eigenvalue weighted by Gasteiger charge is -2.22. The molecule has 0 saturated heterocycles. The third-order valence-corrected chi connectivity index (χ3v) is 7.01. The van der Waals surface area contributed by atoms with Gasteiger partial charge in [0, 0.05) is 5.92 Å². The molecule has 3 atom stereocenters. The number of benzene rings is 2. The van der Waals surface area contributed by atoms with Gasteiger partial charge < -0.3 is 9.84 Å². The van der Waals surface area contributed by atoms with Gasteiger partial charge in [-0.3, -0.25) is 4.79 Å². The van der Waals surface area contributed by atoms with Gasteiger partial charge in [0.2, 0.25) is 0 Å². The largest absolute Gasteiger partial charge is 0.481 e. The second-order valence-corrected chi connectivity index (χ2v) is 8.96. The molecule has 0 aliphatic heterocycles. The van der Waals surface area contributed by atoms with Crippen LogP contribution in [0.5, 0.6) is 11.5 Å². The molecule has 0 radical (unpaired) electrons. The van der Waals surface area contributed by atoms with E-state index >= 15 is 0 Å². The van der Waals surface area contributed by atoms with E-state index in [1.807, 2.05) is 62.4 Å². The van der Waals surface area contributed by atoms with E-state index in [2.05, 4.69) is 12.1 Å². The Labute approximate surface area is 177 Å². The maximum absolute atomic E-state index is 12.6. The maximum atomic E-state index is 12.6. The van der Waals surface area contributed by atoms with Gasteiger partial charge in [-0.25, -0.2) is 0 Å². The first-order valence-corrected chi connectivity index (χ1v) is 10.6. The van der Waals surface area contributed by atoms with Crippen molar-refractivity contribution in [1.82, 2.24) is 0 Å². The highest BCUT2D eigenvalue weighted by Crippen LogP contribution is 2.75. The summed E-state index contributed by atoms with van der Waals surface area (Å²) in [4.78, 5) is 12.6. The lowest BCUT2D eigenvalue weighted by atomic mass is 9.78. The fourth-order valence-corrected chi connectivity index (χ4v) is 5.31. The summed E-state index contributed by atoms with van der Waals surface area (Å²) in [6.07, 6.45) is 6.58. The predicted molar refractivity (Wildman–Crippen MR) is 115 cm³/mol. The molecule has 2 aromatic rings. The van der Waals surface area contributed by atoms with E-state index in [1.54, 1.807) is 6.07 Å². The van der Waals surface area contributed by atoms with E-state index < -0.39 is 22.7 Å². The van der Waals surface area contributed by atoms with Crippen LogP contribution in [-0.4, -0.2) is 11.1 Å². The van der Waals surface area contributed by atoms with E-state index in [4.69, 9.17) is 4.74 Å². The highest BCUT2D eigenvalue weighted by atomic mass is 16.5. The van der Waals surface area contributed by atoms with Crippen molar-refractivity contribution in [1.29, 1.82) is 5.26 Å². The van der Waals surface area contributed by atoms with Crippen molar-refractivity contribution in [2.24, 2.45) is 16.7 Å². The molecule has 2 aromatic carbocycles. The van der Waals surface area contributed by atoms with Gasteiger partial charge in [-0.1, -0.05) is 55.8 Å². The van der Waals surface area contributed by atoms with E-state index in [-0.39, 0.29) is 5.92 Å². The molecule has 30 heavy (non-hydrogen) atoms. The third-order valence-electron chi connectivity index (χ3n) is 7.01. The Balaban J connectivity index is 1.70. The van der Waals surface area contributed by atoms with Crippen LogP contribution in [0.4, 0.5) is 0 Å². The zero-order valence-corrected chi connectivity index (χ0v) is 17.5. The molecule has 4 rings (SSSR count). The maximum Gasteiger partial charge on any atom is 0.312 e. The Hall–Kier alpha value is -3.06. The number of nitrogens with zero attached hydrogens (tertiary/aromatic N) is 1. The average Bonchev–Trinajstić information content (AvgIpc) is 3.04. The van der Waals surface area contributed by atoms with Crippen LogP contribution in [0.3, 0.4) is 0 Å². The first kappa shape index (κ1) is 20.2. The van der Waals surface area contributed by atoms with Crippen molar-refractivity contribution >= 4 is 5.97 Å². The minimum absolute atomic E-state index is 0.154. The van der Waals surface area contributed by atoms with Crippen LogP contribution in [0.15, 0.2) is 66.2 Å². The fraction of sp³-hybridized carbons (Fsp3) is 0.385. The summed E-state index contributed by atoms with van der Waals surface area (Å²) in [5.74, 6) is -0.504.